The Balaban J connectivity index is 1.97. The number of nitrogens with one attached hydrogen (secondary N) is 1. The Morgan fingerprint density at radius 3 is 2.48 bits per heavy atom. The molecule has 0 unspecified atom stereocenters. The number of nitrogens with zero attached hydrogens (tertiary/aromatic N) is 3. The predicted octanol–water partition coefficient (Wildman–Crippen LogP) is 2.71. The largest absolute Gasteiger partial charge is 0.480 e. The van der Waals surface area contributed by atoms with Crippen LogP contribution in [0.5, 0.6) is 0 Å². The van der Waals surface area contributed by atoms with Crippen molar-refractivity contribution in [3.63, 3.8) is 0 Å². The van der Waals surface area contributed by atoms with Crippen LogP contribution in [0, 0.1) is 5.41 Å². The van der Waals surface area contributed by atoms with Crippen LogP contribution in [-0.4, -0.2) is 37.8 Å². The van der Waals surface area contributed by atoms with Crippen LogP contribution in [0.1, 0.15) is 36.8 Å². The third kappa shape index (κ3) is 3.97. The molecule has 3 rings (SSSR count). The minimum absolute atomic E-state index is 0.171. The molecule has 0 saturated carbocycles. The van der Waals surface area contributed by atoms with Gasteiger partial charge in [-0.15, -0.1) is 0 Å². The lowest BCUT2D eigenvalue weighted by Gasteiger charge is -2.27. The van der Waals surface area contributed by atoms with Crippen LogP contribution >= 0.6 is 0 Å². The second-order valence-corrected chi connectivity index (χ2v) is 7.48. The summed E-state index contributed by atoms with van der Waals surface area (Å²) in [5.74, 6) is -1.61. The zero-order valence-electron chi connectivity index (χ0n) is 15.5. The Hall–Kier alpha value is -3.22. The Kier molecular flexibility index (Phi) is 4.94. The molecule has 27 heavy (non-hydrogen) atoms. The number of amides is 1. The molecule has 1 aromatic carbocycles. The van der Waals surface area contributed by atoms with E-state index in [-0.39, 0.29) is 5.69 Å². The molecule has 0 bridgehead atoms. The number of aromatic nitrogens is 3. The first kappa shape index (κ1) is 18.6. The van der Waals surface area contributed by atoms with E-state index in [1.165, 1.54) is 0 Å². The molecule has 1 atom stereocenters. The quantitative estimate of drug-likeness (QED) is 0.724. The predicted molar refractivity (Wildman–Crippen MR) is 101 cm³/mol. The van der Waals surface area contributed by atoms with Gasteiger partial charge in [-0.25, -0.2) is 14.5 Å². The number of pyridine rings is 1. The summed E-state index contributed by atoms with van der Waals surface area (Å²) in [5, 5.41) is 17.1. The molecule has 0 fully saturated rings. The third-order valence-electron chi connectivity index (χ3n) is 4.29. The van der Waals surface area contributed by atoms with Gasteiger partial charge in [0.2, 0.25) is 0 Å². The van der Waals surface area contributed by atoms with Gasteiger partial charge >= 0.3 is 5.97 Å². The Bertz CT molecular complexity index is 974. The van der Waals surface area contributed by atoms with Crippen LogP contribution in [0.3, 0.4) is 0 Å². The van der Waals surface area contributed by atoms with Crippen molar-refractivity contribution in [2.24, 2.45) is 5.41 Å². The smallest absolute Gasteiger partial charge is 0.326 e. The van der Waals surface area contributed by atoms with E-state index in [2.05, 4.69) is 15.4 Å². The van der Waals surface area contributed by atoms with Gasteiger partial charge in [0, 0.05) is 6.20 Å². The van der Waals surface area contributed by atoms with Gasteiger partial charge < -0.3 is 10.4 Å². The lowest BCUT2D eigenvalue weighted by Crippen LogP contribution is -2.49. The standard InChI is InChI=1S/C20H22N4O3/c1-20(2,3)16(19(26)27)22-18(25)15-14-10-7-11-21-17(14)24(23-15)12-13-8-5-4-6-9-13/h4-11,16H,12H2,1-3H3,(H,22,25)(H,26,27)/t16-/m1/s1. The summed E-state index contributed by atoms with van der Waals surface area (Å²) >= 11 is 0. The number of carbonyl (C=O) groups is 2. The Morgan fingerprint density at radius 2 is 1.85 bits per heavy atom. The fourth-order valence-electron chi connectivity index (χ4n) is 2.89. The zero-order valence-corrected chi connectivity index (χ0v) is 15.5. The summed E-state index contributed by atoms with van der Waals surface area (Å²) in [5.41, 5.74) is 1.14. The molecule has 1 amide bonds. The van der Waals surface area contributed by atoms with Gasteiger partial charge in [0.15, 0.2) is 11.3 Å². The van der Waals surface area contributed by atoms with Crippen molar-refractivity contribution in [2.75, 3.05) is 0 Å². The molecular weight excluding hydrogens is 344 g/mol. The highest BCUT2D eigenvalue weighted by atomic mass is 16.4. The highest BCUT2D eigenvalue weighted by Gasteiger charge is 2.34. The highest BCUT2D eigenvalue weighted by Crippen LogP contribution is 2.22. The minimum atomic E-state index is -1.08. The fourth-order valence-corrected chi connectivity index (χ4v) is 2.89. The van der Waals surface area contributed by atoms with Gasteiger partial charge in [0.1, 0.15) is 6.04 Å². The summed E-state index contributed by atoms with van der Waals surface area (Å²) < 4.78 is 1.66. The number of carboxylic acids is 1. The molecular formula is C20H22N4O3. The van der Waals surface area contributed by atoms with Crippen LogP contribution in [0.25, 0.3) is 11.0 Å². The topological polar surface area (TPSA) is 97.1 Å². The van der Waals surface area contributed by atoms with Crippen molar-refractivity contribution >= 4 is 22.9 Å². The minimum Gasteiger partial charge on any atom is -0.480 e. The van der Waals surface area contributed by atoms with Crippen molar-refractivity contribution in [3.8, 4) is 0 Å². The van der Waals surface area contributed by atoms with E-state index >= 15 is 0 Å². The first-order valence-electron chi connectivity index (χ1n) is 8.66. The highest BCUT2D eigenvalue weighted by molar-refractivity contribution is 6.05. The molecule has 7 nitrogen and oxygen atoms in total. The number of benzene rings is 1. The van der Waals surface area contributed by atoms with Gasteiger partial charge in [0.05, 0.1) is 11.9 Å². The van der Waals surface area contributed by atoms with Crippen molar-refractivity contribution < 1.29 is 14.7 Å². The van der Waals surface area contributed by atoms with Crippen LogP contribution in [0.4, 0.5) is 0 Å². The molecule has 0 radical (unpaired) electrons. The first-order chi connectivity index (χ1) is 12.8. The van der Waals surface area contributed by atoms with E-state index in [0.29, 0.717) is 17.6 Å². The van der Waals surface area contributed by atoms with E-state index in [0.717, 1.165) is 5.56 Å². The normalized spacial score (nSPS) is 12.7. The molecule has 0 aliphatic carbocycles. The van der Waals surface area contributed by atoms with Crippen molar-refractivity contribution in [3.05, 3.63) is 59.9 Å². The van der Waals surface area contributed by atoms with Crippen molar-refractivity contribution in [1.29, 1.82) is 0 Å². The summed E-state index contributed by atoms with van der Waals surface area (Å²) in [6.45, 7) is 5.75. The van der Waals surface area contributed by atoms with E-state index in [1.807, 2.05) is 30.3 Å². The number of hydrogen-bond acceptors (Lipinski definition) is 4. The van der Waals surface area contributed by atoms with Gasteiger partial charge in [-0.05, 0) is 23.1 Å². The first-order valence-corrected chi connectivity index (χ1v) is 8.66. The molecule has 7 heteroatoms. The van der Waals surface area contributed by atoms with Crippen molar-refractivity contribution in [1.82, 2.24) is 20.1 Å². The molecule has 140 valence electrons. The molecule has 3 aromatic rings. The second-order valence-electron chi connectivity index (χ2n) is 7.48. The molecule has 2 heterocycles. The SMILES string of the molecule is CC(C)(C)[C@H](NC(=O)c1nn(Cc2ccccc2)c2ncccc12)C(=O)O. The molecule has 0 spiro atoms. The molecule has 0 saturated heterocycles. The van der Waals surface area contributed by atoms with E-state index < -0.39 is 23.3 Å². The van der Waals surface area contributed by atoms with Crippen LogP contribution in [0.2, 0.25) is 0 Å². The third-order valence-corrected chi connectivity index (χ3v) is 4.29. The number of aliphatic carboxylic acids is 1. The van der Waals surface area contributed by atoms with E-state index in [1.54, 1.807) is 43.8 Å². The number of carboxylic acid groups (broad SMARTS) is 1. The average Bonchev–Trinajstić information content (AvgIpc) is 2.98. The summed E-state index contributed by atoms with van der Waals surface area (Å²) in [6.07, 6.45) is 1.64. The zero-order chi connectivity index (χ0) is 19.6. The summed E-state index contributed by atoms with van der Waals surface area (Å²) in [7, 11) is 0. The van der Waals surface area contributed by atoms with Crippen LogP contribution in [0.15, 0.2) is 48.7 Å². The van der Waals surface area contributed by atoms with E-state index in [4.69, 9.17) is 0 Å². The van der Waals surface area contributed by atoms with Crippen LogP contribution < -0.4 is 5.32 Å². The van der Waals surface area contributed by atoms with Crippen LogP contribution in [-0.2, 0) is 11.3 Å². The number of rotatable bonds is 5. The van der Waals surface area contributed by atoms with Gasteiger partial charge in [-0.2, -0.15) is 5.10 Å². The Labute approximate surface area is 157 Å². The van der Waals surface area contributed by atoms with Gasteiger partial charge in [-0.1, -0.05) is 51.1 Å². The summed E-state index contributed by atoms with van der Waals surface area (Å²) in [6, 6.07) is 12.2. The maximum absolute atomic E-state index is 12.8. The molecule has 0 aliphatic heterocycles. The van der Waals surface area contributed by atoms with Gasteiger partial charge in [0.25, 0.3) is 5.91 Å². The monoisotopic (exact) mass is 366 g/mol. The maximum Gasteiger partial charge on any atom is 0.326 e. The summed E-state index contributed by atoms with van der Waals surface area (Å²) in [4.78, 5) is 28.7. The van der Waals surface area contributed by atoms with Gasteiger partial charge in [-0.3, -0.25) is 4.79 Å². The van der Waals surface area contributed by atoms with E-state index in [9.17, 15) is 14.7 Å². The Morgan fingerprint density at radius 1 is 1.15 bits per heavy atom. The number of fused-ring (bicyclic) bond motifs is 1. The average molecular weight is 366 g/mol. The number of carbonyl (C=O) groups excluding carboxylic acids is 1. The second kappa shape index (κ2) is 7.19. The lowest BCUT2D eigenvalue weighted by molar-refractivity contribution is -0.142. The molecule has 0 aliphatic rings. The fraction of sp³-hybridized carbons (Fsp3) is 0.300. The van der Waals surface area contributed by atoms with Crippen molar-refractivity contribution in [2.45, 2.75) is 33.4 Å². The maximum atomic E-state index is 12.8. The molecule has 2 N–H and O–H groups in total. The molecule has 2 aromatic heterocycles. The lowest BCUT2D eigenvalue weighted by atomic mass is 9.86. The number of hydrogen-bond donors (Lipinski definition) is 2.